The van der Waals surface area contributed by atoms with Gasteiger partial charge >= 0.3 is 0 Å². The second-order valence-electron chi connectivity index (χ2n) is 7.13. The summed E-state index contributed by atoms with van der Waals surface area (Å²) in [6.45, 7) is 5.59. The van der Waals surface area contributed by atoms with Crippen LogP contribution in [0.1, 0.15) is 36.0 Å². The highest BCUT2D eigenvalue weighted by atomic mass is 32.2. The first kappa shape index (κ1) is 22.0. The van der Waals surface area contributed by atoms with Gasteiger partial charge in [-0.1, -0.05) is 67.1 Å². The monoisotopic (exact) mass is 401 g/mol. The van der Waals surface area contributed by atoms with E-state index in [9.17, 15) is 8.42 Å². The summed E-state index contributed by atoms with van der Waals surface area (Å²) in [4.78, 5) is 4.22. The zero-order valence-electron chi connectivity index (χ0n) is 17.0. The summed E-state index contributed by atoms with van der Waals surface area (Å²) >= 11 is 0. The molecule has 28 heavy (non-hydrogen) atoms. The van der Waals surface area contributed by atoms with Gasteiger partial charge < -0.3 is 10.6 Å². The highest BCUT2D eigenvalue weighted by Crippen LogP contribution is 2.15. The fourth-order valence-corrected chi connectivity index (χ4v) is 4.39. The maximum absolute atomic E-state index is 12.2. The molecule has 2 aromatic carbocycles. The molecule has 2 rings (SSSR count). The van der Waals surface area contributed by atoms with Gasteiger partial charge in [0.05, 0.1) is 11.5 Å². The van der Waals surface area contributed by atoms with E-state index in [0.717, 1.165) is 12.1 Å². The molecule has 1 atom stereocenters. The number of hydrogen-bond acceptors (Lipinski definition) is 3. The van der Waals surface area contributed by atoms with Gasteiger partial charge in [0.1, 0.15) is 0 Å². The van der Waals surface area contributed by atoms with Crippen molar-refractivity contribution in [2.45, 2.75) is 31.9 Å². The van der Waals surface area contributed by atoms with Gasteiger partial charge in [-0.05, 0) is 30.4 Å². The van der Waals surface area contributed by atoms with Crippen LogP contribution in [0.5, 0.6) is 0 Å². The first-order valence-corrected chi connectivity index (χ1v) is 11.5. The van der Waals surface area contributed by atoms with Crippen molar-refractivity contribution in [3.05, 3.63) is 71.3 Å². The Labute approximate surface area is 169 Å². The average Bonchev–Trinajstić information content (AvgIpc) is 2.67. The van der Waals surface area contributed by atoms with E-state index in [-0.39, 0.29) is 11.5 Å². The molecule has 152 valence electrons. The number of aryl methyl sites for hydroxylation is 1. The zero-order valence-corrected chi connectivity index (χ0v) is 17.8. The van der Waals surface area contributed by atoms with Crippen molar-refractivity contribution in [3.63, 3.8) is 0 Å². The molecule has 6 heteroatoms. The second-order valence-corrected chi connectivity index (χ2v) is 9.31. The van der Waals surface area contributed by atoms with Gasteiger partial charge in [0, 0.05) is 20.1 Å². The standard InChI is InChI=1S/C22H31N3O2S/c1-18-9-7-12-21(15-18)19(2)16-25-22(23-3)24-13-8-14-28(26,27)17-20-10-5-4-6-11-20/h4-7,9-12,15,19H,8,13-14,16-17H2,1-3H3,(H2,23,24,25). The van der Waals surface area contributed by atoms with E-state index in [0.29, 0.717) is 24.8 Å². The molecular weight excluding hydrogens is 370 g/mol. The number of sulfone groups is 1. The first-order chi connectivity index (χ1) is 13.4. The molecule has 0 heterocycles. The Morgan fingerprint density at radius 3 is 2.50 bits per heavy atom. The molecule has 0 aliphatic heterocycles. The van der Waals surface area contributed by atoms with Gasteiger partial charge in [-0.2, -0.15) is 0 Å². The lowest BCUT2D eigenvalue weighted by molar-refractivity contribution is 0.591. The highest BCUT2D eigenvalue weighted by Gasteiger charge is 2.12. The summed E-state index contributed by atoms with van der Waals surface area (Å²) in [6.07, 6.45) is 0.545. The maximum atomic E-state index is 12.2. The van der Waals surface area contributed by atoms with Gasteiger partial charge in [0.15, 0.2) is 15.8 Å². The van der Waals surface area contributed by atoms with E-state index in [1.807, 2.05) is 30.3 Å². The molecule has 0 spiro atoms. The fraction of sp³-hybridized carbons (Fsp3) is 0.409. The summed E-state index contributed by atoms with van der Waals surface area (Å²) in [5.74, 6) is 1.30. The number of guanidine groups is 1. The molecule has 0 fully saturated rings. The Bertz CT molecular complexity index is 864. The Morgan fingerprint density at radius 2 is 1.82 bits per heavy atom. The lowest BCUT2D eigenvalue weighted by atomic mass is 9.99. The molecule has 5 nitrogen and oxygen atoms in total. The van der Waals surface area contributed by atoms with Crippen LogP contribution in [0.4, 0.5) is 0 Å². The van der Waals surface area contributed by atoms with E-state index in [4.69, 9.17) is 0 Å². The summed E-state index contributed by atoms with van der Waals surface area (Å²) < 4.78 is 24.5. The summed E-state index contributed by atoms with van der Waals surface area (Å²) in [5, 5.41) is 6.51. The largest absolute Gasteiger partial charge is 0.356 e. The topological polar surface area (TPSA) is 70.6 Å². The predicted octanol–water partition coefficient (Wildman–Crippen LogP) is 3.27. The minimum atomic E-state index is -3.11. The molecule has 0 aliphatic rings. The number of hydrogen-bond donors (Lipinski definition) is 2. The number of rotatable bonds is 9. The average molecular weight is 402 g/mol. The van der Waals surface area contributed by atoms with E-state index in [2.05, 4.69) is 53.7 Å². The van der Waals surface area contributed by atoms with Crippen LogP contribution in [0.15, 0.2) is 59.6 Å². The molecule has 1 unspecified atom stereocenters. The van der Waals surface area contributed by atoms with Gasteiger partial charge in [0.2, 0.25) is 0 Å². The van der Waals surface area contributed by atoms with E-state index >= 15 is 0 Å². The van der Waals surface area contributed by atoms with Crippen LogP contribution in [0.25, 0.3) is 0 Å². The smallest absolute Gasteiger partial charge is 0.190 e. The van der Waals surface area contributed by atoms with Crippen LogP contribution >= 0.6 is 0 Å². The molecule has 0 bridgehead atoms. The van der Waals surface area contributed by atoms with Gasteiger partial charge in [-0.25, -0.2) is 8.42 Å². The van der Waals surface area contributed by atoms with Crippen LogP contribution in [-0.4, -0.2) is 40.3 Å². The zero-order chi connectivity index (χ0) is 20.4. The van der Waals surface area contributed by atoms with Gasteiger partial charge in [0.25, 0.3) is 0 Å². The van der Waals surface area contributed by atoms with E-state index < -0.39 is 9.84 Å². The minimum Gasteiger partial charge on any atom is -0.356 e. The van der Waals surface area contributed by atoms with Gasteiger partial charge in [-0.15, -0.1) is 0 Å². The fourth-order valence-electron chi connectivity index (χ4n) is 2.96. The van der Waals surface area contributed by atoms with E-state index in [1.165, 1.54) is 11.1 Å². The van der Waals surface area contributed by atoms with Crippen molar-refractivity contribution in [1.29, 1.82) is 0 Å². The third kappa shape index (κ3) is 7.72. The molecule has 2 aromatic rings. The quantitative estimate of drug-likeness (QED) is 0.384. The maximum Gasteiger partial charge on any atom is 0.190 e. The minimum absolute atomic E-state index is 0.0921. The van der Waals surface area contributed by atoms with Crippen LogP contribution in [-0.2, 0) is 15.6 Å². The summed E-state index contributed by atoms with van der Waals surface area (Å²) in [6, 6.07) is 17.8. The van der Waals surface area contributed by atoms with Crippen molar-refractivity contribution < 1.29 is 8.42 Å². The number of nitrogens with one attached hydrogen (secondary N) is 2. The molecule has 0 radical (unpaired) electrons. The molecular formula is C22H31N3O2S. The van der Waals surface area contributed by atoms with Crippen LogP contribution in [0.2, 0.25) is 0 Å². The highest BCUT2D eigenvalue weighted by molar-refractivity contribution is 7.90. The van der Waals surface area contributed by atoms with Crippen molar-refractivity contribution >= 4 is 15.8 Å². The Hall–Kier alpha value is -2.34. The van der Waals surface area contributed by atoms with Crippen LogP contribution < -0.4 is 10.6 Å². The molecule has 0 amide bonds. The lowest BCUT2D eigenvalue weighted by Crippen LogP contribution is -2.39. The molecule has 0 saturated carbocycles. The SMILES string of the molecule is CN=C(NCCCS(=O)(=O)Cc1ccccc1)NCC(C)c1cccc(C)c1. The van der Waals surface area contributed by atoms with Crippen molar-refractivity contribution in [3.8, 4) is 0 Å². The van der Waals surface area contributed by atoms with Gasteiger partial charge in [-0.3, -0.25) is 4.99 Å². The lowest BCUT2D eigenvalue weighted by Gasteiger charge is -2.17. The Morgan fingerprint density at radius 1 is 1.07 bits per heavy atom. The molecule has 0 aromatic heterocycles. The summed E-state index contributed by atoms with van der Waals surface area (Å²) in [5.41, 5.74) is 3.37. The molecule has 2 N–H and O–H groups in total. The second kappa shape index (κ2) is 10.9. The number of benzene rings is 2. The third-order valence-electron chi connectivity index (χ3n) is 4.56. The van der Waals surface area contributed by atoms with E-state index in [1.54, 1.807) is 7.05 Å². The number of aliphatic imine (C=N–C) groups is 1. The van der Waals surface area contributed by atoms with Crippen molar-refractivity contribution in [2.24, 2.45) is 4.99 Å². The number of nitrogens with zero attached hydrogens (tertiary/aromatic N) is 1. The Balaban J connectivity index is 1.72. The summed E-state index contributed by atoms with van der Waals surface area (Å²) in [7, 11) is -1.38. The van der Waals surface area contributed by atoms with Crippen molar-refractivity contribution in [1.82, 2.24) is 10.6 Å². The Kier molecular flexibility index (Phi) is 8.51. The third-order valence-corrected chi connectivity index (χ3v) is 6.25. The normalized spacial score (nSPS) is 13.2. The molecule has 0 saturated heterocycles. The molecule has 0 aliphatic carbocycles. The van der Waals surface area contributed by atoms with Crippen LogP contribution in [0, 0.1) is 6.92 Å². The first-order valence-electron chi connectivity index (χ1n) is 9.65. The van der Waals surface area contributed by atoms with Crippen molar-refractivity contribution in [2.75, 3.05) is 25.9 Å². The van der Waals surface area contributed by atoms with Crippen LogP contribution in [0.3, 0.4) is 0 Å². The predicted molar refractivity (Wildman–Crippen MR) is 118 cm³/mol.